The Hall–Kier alpha value is -2.29. The van der Waals surface area contributed by atoms with E-state index in [0.29, 0.717) is 0 Å². The Labute approximate surface area is 179 Å². The molecule has 0 amide bonds. The number of ether oxygens (including phenoxy) is 3. The van der Waals surface area contributed by atoms with Gasteiger partial charge in [0, 0.05) is 20.0 Å². The number of nitrogens with one attached hydrogen (secondary N) is 1. The fourth-order valence-corrected chi connectivity index (χ4v) is 3.70. The molecule has 2 heterocycles. The van der Waals surface area contributed by atoms with Gasteiger partial charge in [-0.2, -0.15) is 8.42 Å². The van der Waals surface area contributed by atoms with Crippen LogP contribution in [0.1, 0.15) is 25.6 Å². The first kappa shape index (κ1) is 24.0. The second-order valence-corrected chi connectivity index (χ2v) is 8.38. The highest BCUT2D eigenvalue weighted by atomic mass is 79.9. The van der Waals surface area contributed by atoms with E-state index in [1.807, 2.05) is 0 Å². The molecule has 0 saturated carbocycles. The van der Waals surface area contributed by atoms with E-state index in [2.05, 4.69) is 20.9 Å². The van der Waals surface area contributed by atoms with Gasteiger partial charge in [0.25, 0.3) is 15.7 Å². The SMILES string of the molecule is CC(=O)OC[C@H]1O[C@@H](n2cc(/C=C/Br)c(=O)[nH]c2=O)[C@H](OC(C)=O)[C@H]1OS(C)(=O)=O. The summed E-state index contributed by atoms with van der Waals surface area (Å²) in [6.45, 7) is 1.77. The summed E-state index contributed by atoms with van der Waals surface area (Å²) < 4.78 is 45.2. The van der Waals surface area contributed by atoms with Gasteiger partial charge in [0.2, 0.25) is 0 Å². The van der Waals surface area contributed by atoms with E-state index in [4.69, 9.17) is 18.4 Å². The van der Waals surface area contributed by atoms with Crippen LogP contribution in [0.5, 0.6) is 0 Å². The Morgan fingerprint density at radius 2 is 1.93 bits per heavy atom. The van der Waals surface area contributed by atoms with Crippen molar-refractivity contribution >= 4 is 44.1 Å². The highest BCUT2D eigenvalue weighted by Crippen LogP contribution is 2.34. The Bertz CT molecular complexity index is 1060. The highest BCUT2D eigenvalue weighted by Gasteiger charge is 2.51. The summed E-state index contributed by atoms with van der Waals surface area (Å²) in [7, 11) is -4.06. The lowest BCUT2D eigenvalue weighted by Crippen LogP contribution is -2.42. The van der Waals surface area contributed by atoms with Gasteiger partial charge in [0.15, 0.2) is 12.3 Å². The summed E-state index contributed by atoms with van der Waals surface area (Å²) in [6, 6.07) is 0. The number of halogens is 1. The molecule has 1 aromatic heterocycles. The van der Waals surface area contributed by atoms with Gasteiger partial charge in [0.05, 0.1) is 11.8 Å². The number of carbonyl (C=O) groups excluding carboxylic acids is 2. The molecule has 2 rings (SSSR count). The summed E-state index contributed by atoms with van der Waals surface area (Å²) in [5.74, 6) is -1.47. The van der Waals surface area contributed by atoms with Crippen LogP contribution in [0.25, 0.3) is 6.08 Å². The number of carbonyl (C=O) groups is 2. The molecule has 166 valence electrons. The molecule has 0 spiro atoms. The minimum Gasteiger partial charge on any atom is -0.463 e. The second-order valence-electron chi connectivity index (χ2n) is 6.25. The van der Waals surface area contributed by atoms with E-state index in [1.165, 1.54) is 11.1 Å². The van der Waals surface area contributed by atoms with Crippen molar-refractivity contribution in [1.29, 1.82) is 0 Å². The minimum absolute atomic E-state index is 0.0562. The van der Waals surface area contributed by atoms with Crippen LogP contribution in [0, 0.1) is 0 Å². The monoisotopic (exact) mass is 510 g/mol. The summed E-state index contributed by atoms with van der Waals surface area (Å²) >= 11 is 3.02. The Kier molecular flexibility index (Phi) is 7.74. The number of rotatable bonds is 7. The minimum atomic E-state index is -4.06. The van der Waals surface area contributed by atoms with Gasteiger partial charge in [-0.25, -0.2) is 4.79 Å². The second kappa shape index (κ2) is 9.68. The first-order valence-electron chi connectivity index (χ1n) is 8.39. The molecule has 1 aliphatic rings. The van der Waals surface area contributed by atoms with E-state index >= 15 is 0 Å². The van der Waals surface area contributed by atoms with E-state index in [1.54, 1.807) is 0 Å². The number of hydrogen-bond acceptors (Lipinski definition) is 10. The molecule has 1 aromatic rings. The van der Waals surface area contributed by atoms with Crippen LogP contribution in [-0.2, 0) is 38.1 Å². The normalized spacial score (nSPS) is 24.1. The molecule has 30 heavy (non-hydrogen) atoms. The van der Waals surface area contributed by atoms with Crippen molar-refractivity contribution in [2.75, 3.05) is 12.9 Å². The van der Waals surface area contributed by atoms with E-state index in [0.717, 1.165) is 30.9 Å². The van der Waals surface area contributed by atoms with Crippen LogP contribution in [0.15, 0.2) is 20.8 Å². The predicted octanol–water partition coefficient (Wildman–Crippen LogP) is -0.361. The molecule has 1 fully saturated rings. The Morgan fingerprint density at radius 3 is 2.47 bits per heavy atom. The maximum atomic E-state index is 12.4. The summed E-state index contributed by atoms with van der Waals surface area (Å²) in [6.07, 6.45) is -2.15. The average molecular weight is 511 g/mol. The van der Waals surface area contributed by atoms with Gasteiger partial charge in [-0.05, 0) is 11.1 Å². The standard InChI is InChI=1S/C16H19BrN2O10S/c1-8(20)26-7-11-12(29-30(3,24)25)13(27-9(2)21)15(28-11)19-6-10(4-5-17)14(22)18-16(19)23/h4-6,11-13,15H,7H2,1-3H3,(H,18,22,23)/b5-4+/t11-,12+,13-,15-/m1/s1. The highest BCUT2D eigenvalue weighted by molar-refractivity contribution is 9.11. The van der Waals surface area contributed by atoms with Gasteiger partial charge in [-0.1, -0.05) is 15.9 Å². The van der Waals surface area contributed by atoms with Crippen molar-refractivity contribution in [1.82, 2.24) is 9.55 Å². The molecule has 1 aliphatic heterocycles. The molecule has 1 saturated heterocycles. The van der Waals surface area contributed by atoms with Crippen molar-refractivity contribution in [2.45, 2.75) is 38.4 Å². The van der Waals surface area contributed by atoms with Crippen LogP contribution >= 0.6 is 15.9 Å². The number of nitrogens with zero attached hydrogens (tertiary/aromatic N) is 1. The quantitative estimate of drug-likeness (QED) is 0.378. The predicted molar refractivity (Wildman–Crippen MR) is 105 cm³/mol. The van der Waals surface area contributed by atoms with Crippen molar-refractivity contribution < 1.29 is 36.4 Å². The Balaban J connectivity index is 2.57. The smallest absolute Gasteiger partial charge is 0.330 e. The van der Waals surface area contributed by atoms with Gasteiger partial charge in [-0.15, -0.1) is 0 Å². The first-order valence-corrected chi connectivity index (χ1v) is 11.1. The van der Waals surface area contributed by atoms with Crippen LogP contribution in [0.4, 0.5) is 0 Å². The van der Waals surface area contributed by atoms with Gasteiger partial charge in [0.1, 0.15) is 18.8 Å². The van der Waals surface area contributed by atoms with E-state index in [9.17, 15) is 27.6 Å². The molecule has 14 heteroatoms. The number of esters is 2. The number of H-pyrrole nitrogens is 1. The van der Waals surface area contributed by atoms with Crippen molar-refractivity contribution in [3.8, 4) is 0 Å². The van der Waals surface area contributed by atoms with Gasteiger partial charge in [-0.3, -0.25) is 28.1 Å². The van der Waals surface area contributed by atoms with Crippen molar-refractivity contribution in [2.24, 2.45) is 0 Å². The van der Waals surface area contributed by atoms with Crippen LogP contribution in [0.2, 0.25) is 0 Å². The number of aromatic amines is 1. The summed E-state index contributed by atoms with van der Waals surface area (Å²) in [5, 5.41) is 0. The molecule has 12 nitrogen and oxygen atoms in total. The molecule has 0 bridgehead atoms. The molecular weight excluding hydrogens is 492 g/mol. The van der Waals surface area contributed by atoms with Gasteiger partial charge >= 0.3 is 17.6 Å². The van der Waals surface area contributed by atoms with Crippen LogP contribution < -0.4 is 11.2 Å². The molecular formula is C16H19BrN2O10S. The fourth-order valence-electron chi connectivity index (χ4n) is 2.78. The zero-order valence-electron chi connectivity index (χ0n) is 16.1. The van der Waals surface area contributed by atoms with Crippen LogP contribution in [0.3, 0.4) is 0 Å². The molecule has 0 unspecified atom stereocenters. The molecule has 0 radical (unpaired) electrons. The zero-order chi connectivity index (χ0) is 22.6. The maximum absolute atomic E-state index is 12.4. The first-order chi connectivity index (χ1) is 13.9. The zero-order valence-corrected chi connectivity index (χ0v) is 18.5. The molecule has 0 aliphatic carbocycles. The van der Waals surface area contributed by atoms with Crippen molar-refractivity contribution in [3.05, 3.63) is 37.6 Å². The van der Waals surface area contributed by atoms with Crippen molar-refractivity contribution in [3.63, 3.8) is 0 Å². The van der Waals surface area contributed by atoms with E-state index in [-0.39, 0.29) is 5.56 Å². The summed E-state index contributed by atoms with van der Waals surface area (Å²) in [5.41, 5.74) is -1.53. The fraction of sp³-hybridized carbons (Fsp3) is 0.500. The molecule has 1 N–H and O–H groups in total. The number of aromatic nitrogens is 2. The van der Waals surface area contributed by atoms with E-state index < -0.39 is 64.5 Å². The number of hydrogen-bond donors (Lipinski definition) is 1. The third-order valence-corrected chi connectivity index (χ3v) is 4.67. The van der Waals surface area contributed by atoms with Crippen LogP contribution in [-0.4, -0.2) is 61.1 Å². The third kappa shape index (κ3) is 6.10. The average Bonchev–Trinajstić information content (AvgIpc) is 2.91. The maximum Gasteiger partial charge on any atom is 0.330 e. The molecule has 4 atom stereocenters. The largest absolute Gasteiger partial charge is 0.463 e. The lowest BCUT2D eigenvalue weighted by Gasteiger charge is -2.23. The Morgan fingerprint density at radius 1 is 1.27 bits per heavy atom. The summed E-state index contributed by atoms with van der Waals surface area (Å²) in [4.78, 5) is 50.6. The molecule has 0 aromatic carbocycles. The lowest BCUT2D eigenvalue weighted by atomic mass is 10.1. The third-order valence-electron chi connectivity index (χ3n) is 3.84. The van der Waals surface area contributed by atoms with Gasteiger partial charge < -0.3 is 14.2 Å². The lowest BCUT2D eigenvalue weighted by molar-refractivity contribution is -0.155. The topological polar surface area (TPSA) is 160 Å².